The van der Waals surface area contributed by atoms with Gasteiger partial charge in [-0.2, -0.15) is 0 Å². The highest BCUT2D eigenvalue weighted by Gasteiger charge is 2.08. The maximum atomic E-state index is 3.55. The molecule has 0 heterocycles. The third-order valence-electron chi connectivity index (χ3n) is 3.75. The van der Waals surface area contributed by atoms with Gasteiger partial charge in [-0.1, -0.05) is 58.4 Å². The highest BCUT2D eigenvalue weighted by molar-refractivity contribution is 5.26. The maximum Gasteiger partial charge on any atom is 0.0234 e. The van der Waals surface area contributed by atoms with Gasteiger partial charge in [-0.15, -0.1) is 0 Å². The van der Waals surface area contributed by atoms with Crippen LogP contribution in [0, 0.1) is 11.8 Å². The molecule has 114 valence electrons. The van der Waals surface area contributed by atoms with Crippen LogP contribution in [0.2, 0.25) is 0 Å². The normalized spacial score (nSPS) is 13.2. The average molecular weight is 276 g/mol. The lowest BCUT2D eigenvalue weighted by atomic mass is 10.1. The molecule has 1 aromatic carbocycles. The minimum absolute atomic E-state index is 0.704. The Kier molecular flexibility index (Phi) is 7.86. The van der Waals surface area contributed by atoms with Crippen LogP contribution in [0.4, 0.5) is 0 Å². The van der Waals surface area contributed by atoms with Gasteiger partial charge >= 0.3 is 0 Å². The number of nitrogens with one attached hydrogen (secondary N) is 1. The van der Waals surface area contributed by atoms with Crippen molar-refractivity contribution in [3.8, 4) is 0 Å². The van der Waals surface area contributed by atoms with Crippen LogP contribution in [0.5, 0.6) is 0 Å². The van der Waals surface area contributed by atoms with Crippen LogP contribution in [-0.4, -0.2) is 25.0 Å². The van der Waals surface area contributed by atoms with Crippen LogP contribution in [0.25, 0.3) is 0 Å². The van der Waals surface area contributed by atoms with Crippen molar-refractivity contribution in [3.05, 3.63) is 35.4 Å². The second-order valence-corrected chi connectivity index (χ2v) is 6.50. The Hall–Kier alpha value is -0.860. The van der Waals surface area contributed by atoms with E-state index < -0.39 is 0 Å². The predicted octanol–water partition coefficient (Wildman–Crippen LogP) is 3.91. The van der Waals surface area contributed by atoms with E-state index in [1.165, 1.54) is 24.1 Å². The number of hydrogen-bond donors (Lipinski definition) is 1. The van der Waals surface area contributed by atoms with Gasteiger partial charge in [0.1, 0.15) is 0 Å². The summed E-state index contributed by atoms with van der Waals surface area (Å²) in [5.74, 6) is 1.47. The zero-order chi connectivity index (χ0) is 15.0. The van der Waals surface area contributed by atoms with Gasteiger partial charge in [0, 0.05) is 19.6 Å². The fourth-order valence-corrected chi connectivity index (χ4v) is 2.40. The molecule has 1 atom stereocenters. The van der Waals surface area contributed by atoms with E-state index in [1.54, 1.807) is 0 Å². The Bertz CT molecular complexity index is 373. The molecule has 2 heteroatoms. The van der Waals surface area contributed by atoms with E-state index in [2.05, 4.69) is 69.2 Å². The zero-order valence-electron chi connectivity index (χ0n) is 13.9. The molecule has 0 bridgehead atoms. The lowest BCUT2D eigenvalue weighted by Gasteiger charge is -2.22. The fraction of sp³-hybridized carbons (Fsp3) is 0.667. The molecule has 0 spiro atoms. The summed E-state index contributed by atoms with van der Waals surface area (Å²) in [6.45, 7) is 13.4. The Morgan fingerprint density at radius 1 is 1.10 bits per heavy atom. The van der Waals surface area contributed by atoms with Crippen molar-refractivity contribution in [2.24, 2.45) is 11.8 Å². The van der Waals surface area contributed by atoms with Crippen molar-refractivity contribution in [2.45, 2.75) is 47.2 Å². The van der Waals surface area contributed by atoms with Crippen LogP contribution in [0.15, 0.2) is 24.3 Å². The van der Waals surface area contributed by atoms with Crippen LogP contribution in [0.1, 0.15) is 45.2 Å². The number of nitrogens with zero attached hydrogens (tertiary/aromatic N) is 1. The third-order valence-corrected chi connectivity index (χ3v) is 3.75. The van der Waals surface area contributed by atoms with E-state index in [0.29, 0.717) is 5.92 Å². The number of rotatable bonds is 9. The van der Waals surface area contributed by atoms with Crippen LogP contribution < -0.4 is 5.32 Å². The summed E-state index contributed by atoms with van der Waals surface area (Å²) in [6.07, 6.45) is 1.25. The average Bonchev–Trinajstić information content (AvgIpc) is 2.40. The first-order chi connectivity index (χ1) is 9.52. The van der Waals surface area contributed by atoms with Gasteiger partial charge in [0.05, 0.1) is 0 Å². The molecule has 0 aliphatic rings. The van der Waals surface area contributed by atoms with Crippen LogP contribution in [0.3, 0.4) is 0 Å². The molecule has 1 aromatic rings. The molecule has 0 aliphatic carbocycles. The van der Waals surface area contributed by atoms with Crippen LogP contribution >= 0.6 is 0 Å². The summed E-state index contributed by atoms with van der Waals surface area (Å²) < 4.78 is 0. The summed E-state index contributed by atoms with van der Waals surface area (Å²) >= 11 is 0. The van der Waals surface area contributed by atoms with Gasteiger partial charge in [-0.25, -0.2) is 0 Å². The van der Waals surface area contributed by atoms with Gasteiger partial charge in [-0.05, 0) is 36.6 Å². The van der Waals surface area contributed by atoms with Crippen molar-refractivity contribution in [2.75, 3.05) is 20.1 Å². The monoisotopic (exact) mass is 276 g/mol. The van der Waals surface area contributed by atoms with Gasteiger partial charge in [0.15, 0.2) is 0 Å². The standard InChI is InChI=1S/C18H32N2/c1-6-16(4)13-20(5)14-18-10-8-7-9-17(18)12-19-11-15(2)3/h7-10,15-16,19H,6,11-14H2,1-5H3. The molecule has 0 aromatic heterocycles. The Labute approximate surface area is 125 Å². The number of benzene rings is 1. The van der Waals surface area contributed by atoms with Crippen molar-refractivity contribution < 1.29 is 0 Å². The SMILES string of the molecule is CCC(C)CN(C)Cc1ccccc1CNCC(C)C. The van der Waals surface area contributed by atoms with E-state index in [9.17, 15) is 0 Å². The molecule has 1 rings (SSSR count). The fourth-order valence-electron chi connectivity index (χ4n) is 2.40. The van der Waals surface area contributed by atoms with Crippen molar-refractivity contribution in [1.82, 2.24) is 10.2 Å². The smallest absolute Gasteiger partial charge is 0.0234 e. The second-order valence-electron chi connectivity index (χ2n) is 6.50. The molecule has 20 heavy (non-hydrogen) atoms. The summed E-state index contributed by atoms with van der Waals surface area (Å²) in [7, 11) is 2.23. The van der Waals surface area contributed by atoms with E-state index in [1.807, 2.05) is 0 Å². The van der Waals surface area contributed by atoms with Crippen LogP contribution in [-0.2, 0) is 13.1 Å². The second kappa shape index (κ2) is 9.15. The Balaban J connectivity index is 2.56. The quantitative estimate of drug-likeness (QED) is 0.735. The largest absolute Gasteiger partial charge is 0.312 e. The first-order valence-electron chi connectivity index (χ1n) is 7.99. The maximum absolute atomic E-state index is 3.55. The van der Waals surface area contributed by atoms with Gasteiger partial charge in [-0.3, -0.25) is 0 Å². The Morgan fingerprint density at radius 3 is 2.35 bits per heavy atom. The molecule has 0 radical (unpaired) electrons. The van der Waals surface area contributed by atoms with Crippen molar-refractivity contribution >= 4 is 0 Å². The van der Waals surface area contributed by atoms with Gasteiger partial charge in [0.2, 0.25) is 0 Å². The van der Waals surface area contributed by atoms with E-state index in [-0.39, 0.29) is 0 Å². The molecule has 1 unspecified atom stereocenters. The molecule has 0 amide bonds. The van der Waals surface area contributed by atoms with Crippen molar-refractivity contribution in [3.63, 3.8) is 0 Å². The first-order valence-corrected chi connectivity index (χ1v) is 7.99. The topological polar surface area (TPSA) is 15.3 Å². The highest BCUT2D eigenvalue weighted by atomic mass is 15.1. The highest BCUT2D eigenvalue weighted by Crippen LogP contribution is 2.13. The predicted molar refractivity (Wildman–Crippen MR) is 88.8 cm³/mol. The molecular weight excluding hydrogens is 244 g/mol. The minimum Gasteiger partial charge on any atom is -0.312 e. The molecule has 2 nitrogen and oxygen atoms in total. The minimum atomic E-state index is 0.704. The summed E-state index contributed by atoms with van der Waals surface area (Å²) in [5.41, 5.74) is 2.89. The Morgan fingerprint density at radius 2 is 1.75 bits per heavy atom. The molecule has 0 saturated carbocycles. The van der Waals surface area contributed by atoms with Crippen molar-refractivity contribution in [1.29, 1.82) is 0 Å². The summed E-state index contributed by atoms with van der Waals surface area (Å²) in [6, 6.07) is 8.81. The summed E-state index contributed by atoms with van der Waals surface area (Å²) in [4.78, 5) is 2.44. The summed E-state index contributed by atoms with van der Waals surface area (Å²) in [5, 5.41) is 3.55. The van der Waals surface area contributed by atoms with Gasteiger partial charge in [0.25, 0.3) is 0 Å². The lowest BCUT2D eigenvalue weighted by Crippen LogP contribution is -2.25. The molecule has 0 aliphatic heterocycles. The lowest BCUT2D eigenvalue weighted by molar-refractivity contribution is 0.274. The molecular formula is C18H32N2. The number of hydrogen-bond acceptors (Lipinski definition) is 2. The zero-order valence-corrected chi connectivity index (χ0v) is 13.9. The third kappa shape index (κ3) is 6.53. The molecule has 1 N–H and O–H groups in total. The van der Waals surface area contributed by atoms with E-state index in [4.69, 9.17) is 0 Å². The van der Waals surface area contributed by atoms with E-state index in [0.717, 1.165) is 25.6 Å². The van der Waals surface area contributed by atoms with E-state index >= 15 is 0 Å². The van der Waals surface area contributed by atoms with Gasteiger partial charge < -0.3 is 10.2 Å². The molecule has 0 saturated heterocycles. The molecule has 0 fully saturated rings. The first kappa shape index (κ1) is 17.2.